The van der Waals surface area contributed by atoms with Crippen LogP contribution >= 0.6 is 11.8 Å². The minimum absolute atomic E-state index is 0.121. The Balaban J connectivity index is 1.52. The molecule has 0 saturated carbocycles. The fourth-order valence-corrected chi connectivity index (χ4v) is 6.54. The number of hydrogen-bond acceptors (Lipinski definition) is 4. The van der Waals surface area contributed by atoms with E-state index in [0.29, 0.717) is 17.1 Å². The van der Waals surface area contributed by atoms with E-state index in [1.165, 1.54) is 16.7 Å². The van der Waals surface area contributed by atoms with Crippen LogP contribution in [0.15, 0.2) is 60.7 Å². The molecule has 2 heterocycles. The number of nitrogens with zero attached hydrogens (tertiary/aromatic N) is 2. The monoisotopic (exact) mass is 485 g/mol. The van der Waals surface area contributed by atoms with E-state index in [0.717, 1.165) is 27.8 Å². The van der Waals surface area contributed by atoms with Gasteiger partial charge >= 0.3 is 0 Å². The first-order valence-electron chi connectivity index (χ1n) is 11.5. The predicted octanol–water partition coefficient (Wildman–Crippen LogP) is 4.84. The molecule has 2 aliphatic heterocycles. The molecule has 1 saturated heterocycles. The van der Waals surface area contributed by atoms with Crippen molar-refractivity contribution in [3.05, 3.63) is 88.5 Å². The van der Waals surface area contributed by atoms with Crippen LogP contribution in [0.2, 0.25) is 0 Å². The largest absolute Gasteiger partial charge is 0.325 e. The Morgan fingerprint density at radius 3 is 2.17 bits per heavy atom. The molecule has 1 atom stereocenters. The van der Waals surface area contributed by atoms with Crippen molar-refractivity contribution in [3.63, 3.8) is 0 Å². The second kappa shape index (κ2) is 8.57. The topological polar surface area (TPSA) is 69.7 Å². The fraction of sp³-hybridized carbons (Fsp3) is 0.250. The molecule has 0 bridgehead atoms. The Hall–Kier alpha value is -3.58. The molecular formula is C28H27N3O3S. The van der Waals surface area contributed by atoms with Crippen LogP contribution in [0.5, 0.6) is 0 Å². The van der Waals surface area contributed by atoms with Gasteiger partial charge in [-0.15, -0.1) is 11.8 Å². The Labute approximate surface area is 209 Å². The van der Waals surface area contributed by atoms with Crippen LogP contribution in [0.1, 0.15) is 27.8 Å². The number of fused-ring (bicyclic) bond motifs is 2. The summed E-state index contributed by atoms with van der Waals surface area (Å²) in [6.45, 7) is 7.76. The highest BCUT2D eigenvalue weighted by Crippen LogP contribution is 2.55. The maximum Gasteiger partial charge on any atom is 0.269 e. The molecule has 6 nitrogen and oxygen atoms in total. The Morgan fingerprint density at radius 1 is 0.914 bits per heavy atom. The third kappa shape index (κ3) is 3.90. The first-order chi connectivity index (χ1) is 16.7. The summed E-state index contributed by atoms with van der Waals surface area (Å²) in [6, 6.07) is 19.2. The zero-order chi connectivity index (χ0) is 24.9. The van der Waals surface area contributed by atoms with E-state index in [4.69, 9.17) is 0 Å². The van der Waals surface area contributed by atoms with Gasteiger partial charge in [0.1, 0.15) is 6.54 Å². The van der Waals surface area contributed by atoms with Crippen LogP contribution in [-0.4, -0.2) is 30.0 Å². The van der Waals surface area contributed by atoms with Crippen LogP contribution in [0.25, 0.3) is 0 Å². The predicted molar refractivity (Wildman–Crippen MR) is 141 cm³/mol. The van der Waals surface area contributed by atoms with Crippen LogP contribution in [0.3, 0.4) is 0 Å². The van der Waals surface area contributed by atoms with E-state index in [-0.39, 0.29) is 30.0 Å². The van der Waals surface area contributed by atoms with E-state index in [1.807, 2.05) is 88.4 Å². The molecule has 1 N–H and O–H groups in total. The minimum atomic E-state index is -1.23. The first-order valence-corrected chi connectivity index (χ1v) is 12.5. The highest BCUT2D eigenvalue weighted by atomic mass is 32.2. The number of thioether (sulfide) groups is 1. The lowest BCUT2D eigenvalue weighted by atomic mass is 10.0. The summed E-state index contributed by atoms with van der Waals surface area (Å²) in [4.78, 5) is 42.3. The molecule has 7 heteroatoms. The molecule has 3 aromatic rings. The molecule has 0 radical (unpaired) electrons. The number of amides is 3. The lowest BCUT2D eigenvalue weighted by molar-refractivity contribution is -0.124. The third-order valence-electron chi connectivity index (χ3n) is 6.34. The van der Waals surface area contributed by atoms with Gasteiger partial charge in [0.15, 0.2) is 0 Å². The zero-order valence-corrected chi connectivity index (χ0v) is 21.0. The number of para-hydroxylation sites is 1. The minimum Gasteiger partial charge on any atom is -0.325 e. The number of aryl methyl sites for hydroxylation is 4. The molecule has 0 aromatic heterocycles. The Bertz CT molecular complexity index is 1350. The van der Waals surface area contributed by atoms with Gasteiger partial charge in [-0.1, -0.05) is 30.3 Å². The van der Waals surface area contributed by atoms with Crippen LogP contribution in [0, 0.1) is 27.7 Å². The second-order valence-electron chi connectivity index (χ2n) is 9.34. The highest BCUT2D eigenvalue weighted by molar-refractivity contribution is 8.02. The summed E-state index contributed by atoms with van der Waals surface area (Å²) < 4.78 is 0. The van der Waals surface area contributed by atoms with E-state index >= 15 is 0 Å². The molecule has 35 heavy (non-hydrogen) atoms. The lowest BCUT2D eigenvalue weighted by Crippen LogP contribution is -2.51. The summed E-state index contributed by atoms with van der Waals surface area (Å²) in [5, 5.41) is 2.93. The molecule has 3 amide bonds. The van der Waals surface area contributed by atoms with E-state index < -0.39 is 4.87 Å². The molecule has 0 unspecified atom stereocenters. The van der Waals surface area contributed by atoms with Crippen molar-refractivity contribution in [2.45, 2.75) is 32.6 Å². The number of anilines is 3. The summed E-state index contributed by atoms with van der Waals surface area (Å²) in [6.07, 6.45) is 0. The van der Waals surface area contributed by atoms with Crippen molar-refractivity contribution in [1.82, 2.24) is 0 Å². The second-order valence-corrected chi connectivity index (χ2v) is 10.5. The van der Waals surface area contributed by atoms with Crippen LogP contribution in [0.4, 0.5) is 17.1 Å². The Morgan fingerprint density at radius 2 is 1.51 bits per heavy atom. The molecule has 2 aliphatic rings. The van der Waals surface area contributed by atoms with Crippen molar-refractivity contribution >= 4 is 46.5 Å². The molecule has 178 valence electrons. The van der Waals surface area contributed by atoms with Crippen LogP contribution < -0.4 is 15.1 Å². The fourth-order valence-electron chi connectivity index (χ4n) is 5.18. The van der Waals surface area contributed by atoms with Crippen molar-refractivity contribution in [2.24, 2.45) is 0 Å². The molecular weight excluding hydrogens is 458 g/mol. The lowest BCUT2D eigenvalue weighted by Gasteiger charge is -2.33. The van der Waals surface area contributed by atoms with Crippen molar-refractivity contribution in [3.8, 4) is 0 Å². The van der Waals surface area contributed by atoms with E-state index in [2.05, 4.69) is 5.32 Å². The summed E-state index contributed by atoms with van der Waals surface area (Å²) in [5.74, 6) is -0.494. The van der Waals surface area contributed by atoms with E-state index in [9.17, 15) is 14.4 Å². The van der Waals surface area contributed by atoms with E-state index in [1.54, 1.807) is 4.90 Å². The van der Waals surface area contributed by atoms with Crippen LogP contribution in [-0.2, 0) is 19.3 Å². The maximum atomic E-state index is 14.1. The third-order valence-corrected chi connectivity index (χ3v) is 7.72. The van der Waals surface area contributed by atoms with Gasteiger partial charge in [0.05, 0.1) is 11.4 Å². The standard InChI is InChI=1S/C28H27N3O3S/c1-17-9-18(2)12-21(11-17)29-25(32)15-30-24-8-6-5-7-23(24)28(27(30)34)31(26(33)16-35-28)22-13-19(3)10-20(4)14-22/h5-14H,15-16H2,1-4H3,(H,29,32)/t28-/m0/s1. The smallest absolute Gasteiger partial charge is 0.269 e. The SMILES string of the molecule is Cc1cc(C)cc(NC(=O)CN2C(=O)[C@@]3(SCC(=O)N3c3cc(C)cc(C)c3)c3ccccc32)c1. The summed E-state index contributed by atoms with van der Waals surface area (Å²) in [5.41, 5.74) is 6.92. The first kappa shape index (κ1) is 23.2. The normalized spacial score (nSPS) is 19.0. The zero-order valence-electron chi connectivity index (χ0n) is 20.2. The summed E-state index contributed by atoms with van der Waals surface area (Å²) in [7, 11) is 0. The average Bonchev–Trinajstić information content (AvgIpc) is 3.23. The highest BCUT2D eigenvalue weighted by Gasteiger charge is 2.61. The molecule has 1 fully saturated rings. The quantitative estimate of drug-likeness (QED) is 0.574. The van der Waals surface area contributed by atoms with Crippen molar-refractivity contribution in [1.29, 1.82) is 0 Å². The molecule has 1 spiro atoms. The number of benzene rings is 3. The molecule has 0 aliphatic carbocycles. The average molecular weight is 486 g/mol. The van der Waals surface area contributed by atoms with Gasteiger partial charge in [-0.25, -0.2) is 0 Å². The number of carbonyl (C=O) groups excluding carboxylic acids is 3. The van der Waals surface area contributed by atoms with Gasteiger partial charge in [0, 0.05) is 16.9 Å². The molecule has 5 rings (SSSR count). The van der Waals surface area contributed by atoms with Gasteiger partial charge in [-0.3, -0.25) is 24.2 Å². The number of carbonyl (C=O) groups is 3. The van der Waals surface area contributed by atoms with Gasteiger partial charge in [-0.2, -0.15) is 0 Å². The molecule has 3 aromatic carbocycles. The van der Waals surface area contributed by atoms with Crippen molar-refractivity contribution in [2.75, 3.05) is 27.4 Å². The Kier molecular flexibility index (Phi) is 5.68. The number of rotatable bonds is 4. The van der Waals surface area contributed by atoms with Gasteiger partial charge in [0.2, 0.25) is 16.7 Å². The summed E-state index contributed by atoms with van der Waals surface area (Å²) >= 11 is 1.32. The maximum absolute atomic E-state index is 14.1. The van der Waals surface area contributed by atoms with Gasteiger partial charge < -0.3 is 5.32 Å². The van der Waals surface area contributed by atoms with Crippen molar-refractivity contribution < 1.29 is 14.4 Å². The number of nitrogens with one attached hydrogen (secondary N) is 1. The van der Waals surface area contributed by atoms with Gasteiger partial charge in [0.25, 0.3) is 5.91 Å². The van der Waals surface area contributed by atoms with Gasteiger partial charge in [-0.05, 0) is 80.3 Å². The number of hydrogen-bond donors (Lipinski definition) is 1.